The first kappa shape index (κ1) is 13.9. The van der Waals surface area contributed by atoms with Gasteiger partial charge in [0.15, 0.2) is 0 Å². The number of rotatable bonds is 6. The van der Waals surface area contributed by atoms with Crippen LogP contribution in [0.15, 0.2) is 0 Å². The monoisotopic (exact) mass is 243 g/mol. The molecule has 1 fully saturated rings. The Hall–Kier alpha value is -1.14. The van der Waals surface area contributed by atoms with E-state index < -0.39 is 0 Å². The van der Waals surface area contributed by atoms with Crippen LogP contribution in [0.1, 0.15) is 19.8 Å². The van der Waals surface area contributed by atoms with Gasteiger partial charge in [-0.05, 0) is 6.42 Å². The third-order valence-corrected chi connectivity index (χ3v) is 2.74. The molecule has 6 heteroatoms. The average molecular weight is 243 g/mol. The molecule has 1 rings (SSSR count). The molecule has 0 aromatic heterocycles. The van der Waals surface area contributed by atoms with Gasteiger partial charge < -0.3 is 15.8 Å². The predicted molar refractivity (Wildman–Crippen MR) is 63.3 cm³/mol. The third-order valence-electron chi connectivity index (χ3n) is 2.74. The fourth-order valence-electron chi connectivity index (χ4n) is 1.77. The normalized spacial score (nSPS) is 21.1. The van der Waals surface area contributed by atoms with Crippen molar-refractivity contribution in [2.24, 2.45) is 5.73 Å². The van der Waals surface area contributed by atoms with Crippen molar-refractivity contribution in [2.45, 2.75) is 25.8 Å². The van der Waals surface area contributed by atoms with Crippen LogP contribution in [0.3, 0.4) is 0 Å². The second kappa shape index (κ2) is 7.24. The molecule has 17 heavy (non-hydrogen) atoms. The van der Waals surface area contributed by atoms with E-state index in [1.165, 1.54) is 0 Å². The summed E-state index contributed by atoms with van der Waals surface area (Å²) in [6, 6.07) is -0.297. The van der Waals surface area contributed by atoms with Crippen molar-refractivity contribution in [3.8, 4) is 0 Å². The molecule has 1 atom stereocenters. The van der Waals surface area contributed by atoms with E-state index in [0.717, 1.165) is 6.42 Å². The molecule has 0 aromatic carbocycles. The molecule has 1 saturated heterocycles. The van der Waals surface area contributed by atoms with Gasteiger partial charge in [0.1, 0.15) is 6.04 Å². The van der Waals surface area contributed by atoms with Crippen LogP contribution in [0, 0.1) is 0 Å². The molecule has 3 N–H and O–H groups in total. The SMILES string of the molecule is CCCNC(=O)C1COCCN1CCC(N)=O. The summed E-state index contributed by atoms with van der Waals surface area (Å²) in [6.45, 7) is 4.83. The number of morpholine rings is 1. The van der Waals surface area contributed by atoms with Crippen molar-refractivity contribution in [1.82, 2.24) is 10.2 Å². The lowest BCUT2D eigenvalue weighted by atomic mass is 10.2. The molecule has 6 nitrogen and oxygen atoms in total. The maximum absolute atomic E-state index is 11.9. The number of hydrogen-bond acceptors (Lipinski definition) is 4. The van der Waals surface area contributed by atoms with Gasteiger partial charge in [-0.3, -0.25) is 14.5 Å². The third kappa shape index (κ3) is 4.70. The smallest absolute Gasteiger partial charge is 0.239 e. The summed E-state index contributed by atoms with van der Waals surface area (Å²) in [5.41, 5.74) is 5.11. The number of carbonyl (C=O) groups excluding carboxylic acids is 2. The second-order valence-corrected chi connectivity index (χ2v) is 4.13. The summed E-state index contributed by atoms with van der Waals surface area (Å²) in [7, 11) is 0. The van der Waals surface area contributed by atoms with E-state index in [-0.39, 0.29) is 24.3 Å². The van der Waals surface area contributed by atoms with Crippen LogP contribution in [-0.4, -0.2) is 55.6 Å². The van der Waals surface area contributed by atoms with Gasteiger partial charge in [-0.15, -0.1) is 0 Å². The van der Waals surface area contributed by atoms with Crippen molar-refractivity contribution >= 4 is 11.8 Å². The summed E-state index contributed by atoms with van der Waals surface area (Å²) in [5.74, 6) is -0.375. The first-order valence-electron chi connectivity index (χ1n) is 6.03. The summed E-state index contributed by atoms with van der Waals surface area (Å²) < 4.78 is 5.30. The second-order valence-electron chi connectivity index (χ2n) is 4.13. The first-order chi connectivity index (χ1) is 8.15. The molecule has 2 amide bonds. The summed E-state index contributed by atoms with van der Waals surface area (Å²) in [4.78, 5) is 24.6. The Morgan fingerprint density at radius 2 is 2.29 bits per heavy atom. The van der Waals surface area contributed by atoms with Crippen LogP contribution in [0.2, 0.25) is 0 Å². The maximum atomic E-state index is 11.9. The van der Waals surface area contributed by atoms with E-state index in [4.69, 9.17) is 10.5 Å². The topological polar surface area (TPSA) is 84.7 Å². The fraction of sp³-hybridized carbons (Fsp3) is 0.818. The lowest BCUT2D eigenvalue weighted by molar-refractivity contribution is -0.133. The van der Waals surface area contributed by atoms with Crippen molar-refractivity contribution in [2.75, 3.05) is 32.8 Å². The molecule has 0 aliphatic carbocycles. The lowest BCUT2D eigenvalue weighted by Gasteiger charge is -2.34. The molecule has 1 aliphatic heterocycles. The van der Waals surface area contributed by atoms with Crippen LogP contribution in [0.25, 0.3) is 0 Å². The van der Waals surface area contributed by atoms with E-state index in [1.807, 2.05) is 11.8 Å². The molecule has 0 spiro atoms. The number of nitrogens with zero attached hydrogens (tertiary/aromatic N) is 1. The van der Waals surface area contributed by atoms with Crippen LogP contribution < -0.4 is 11.1 Å². The first-order valence-corrected chi connectivity index (χ1v) is 6.03. The largest absolute Gasteiger partial charge is 0.378 e. The summed E-state index contributed by atoms with van der Waals surface area (Å²) in [5, 5.41) is 2.84. The molecule has 0 saturated carbocycles. The quantitative estimate of drug-likeness (QED) is 0.632. The van der Waals surface area contributed by atoms with Gasteiger partial charge in [0.25, 0.3) is 0 Å². The average Bonchev–Trinajstić information content (AvgIpc) is 2.33. The number of amides is 2. The van der Waals surface area contributed by atoms with Crippen molar-refractivity contribution in [3.05, 3.63) is 0 Å². The maximum Gasteiger partial charge on any atom is 0.239 e. The molecular formula is C11H21N3O3. The van der Waals surface area contributed by atoms with E-state index in [1.54, 1.807) is 0 Å². The van der Waals surface area contributed by atoms with E-state index in [9.17, 15) is 9.59 Å². The van der Waals surface area contributed by atoms with Crippen LogP contribution in [0.4, 0.5) is 0 Å². The van der Waals surface area contributed by atoms with Gasteiger partial charge in [0.05, 0.1) is 13.2 Å². The Morgan fingerprint density at radius 1 is 1.53 bits per heavy atom. The molecular weight excluding hydrogens is 222 g/mol. The van der Waals surface area contributed by atoms with Gasteiger partial charge in [-0.1, -0.05) is 6.92 Å². The number of ether oxygens (including phenoxy) is 1. The van der Waals surface area contributed by atoms with Crippen molar-refractivity contribution in [3.63, 3.8) is 0 Å². The highest BCUT2D eigenvalue weighted by atomic mass is 16.5. The minimum atomic E-state index is -0.343. The Labute approximate surface area is 101 Å². The number of primary amides is 1. The molecule has 1 heterocycles. The molecule has 0 radical (unpaired) electrons. The molecule has 1 unspecified atom stereocenters. The number of nitrogens with one attached hydrogen (secondary N) is 1. The highest BCUT2D eigenvalue weighted by Gasteiger charge is 2.28. The summed E-state index contributed by atoms with van der Waals surface area (Å²) in [6.07, 6.45) is 1.18. The van der Waals surface area contributed by atoms with Gasteiger partial charge in [0.2, 0.25) is 11.8 Å². The van der Waals surface area contributed by atoms with Crippen LogP contribution in [0.5, 0.6) is 0 Å². The zero-order valence-electron chi connectivity index (χ0n) is 10.3. The minimum absolute atomic E-state index is 0.0315. The van der Waals surface area contributed by atoms with Crippen molar-refractivity contribution in [1.29, 1.82) is 0 Å². The van der Waals surface area contributed by atoms with Gasteiger partial charge in [-0.25, -0.2) is 0 Å². The molecule has 0 aromatic rings. The standard InChI is InChI=1S/C11H21N3O3/c1-2-4-13-11(16)9-8-17-7-6-14(9)5-3-10(12)15/h9H,2-8H2,1H3,(H2,12,15)(H,13,16). The highest BCUT2D eigenvalue weighted by molar-refractivity contribution is 5.82. The molecule has 0 bridgehead atoms. The minimum Gasteiger partial charge on any atom is -0.378 e. The van der Waals surface area contributed by atoms with E-state index >= 15 is 0 Å². The number of nitrogens with two attached hydrogens (primary N) is 1. The predicted octanol–water partition coefficient (Wildman–Crippen LogP) is -0.911. The Kier molecular flexibility index (Phi) is 5.93. The zero-order valence-corrected chi connectivity index (χ0v) is 10.3. The van der Waals surface area contributed by atoms with E-state index in [0.29, 0.717) is 32.8 Å². The van der Waals surface area contributed by atoms with Crippen molar-refractivity contribution < 1.29 is 14.3 Å². The van der Waals surface area contributed by atoms with Gasteiger partial charge in [-0.2, -0.15) is 0 Å². The fourth-order valence-corrected chi connectivity index (χ4v) is 1.77. The van der Waals surface area contributed by atoms with Crippen LogP contribution in [-0.2, 0) is 14.3 Å². The summed E-state index contributed by atoms with van der Waals surface area (Å²) >= 11 is 0. The number of hydrogen-bond donors (Lipinski definition) is 2. The number of carbonyl (C=O) groups is 2. The Balaban J connectivity index is 2.46. The van der Waals surface area contributed by atoms with E-state index in [2.05, 4.69) is 5.32 Å². The van der Waals surface area contributed by atoms with Gasteiger partial charge >= 0.3 is 0 Å². The zero-order chi connectivity index (χ0) is 12.7. The van der Waals surface area contributed by atoms with Gasteiger partial charge in [0, 0.05) is 26.1 Å². The Bertz CT molecular complexity index is 271. The van der Waals surface area contributed by atoms with Crippen LogP contribution >= 0.6 is 0 Å². The molecule has 98 valence electrons. The lowest BCUT2D eigenvalue weighted by Crippen LogP contribution is -2.54. The molecule has 1 aliphatic rings. The Morgan fingerprint density at radius 3 is 2.94 bits per heavy atom. The highest BCUT2D eigenvalue weighted by Crippen LogP contribution is 2.07.